The number of rotatable bonds is 7. The highest BCUT2D eigenvalue weighted by molar-refractivity contribution is 7.94. The Balaban J connectivity index is 2.19. The van der Waals surface area contributed by atoms with Gasteiger partial charge in [-0.3, -0.25) is 10.1 Å². The van der Waals surface area contributed by atoms with Crippen molar-refractivity contribution in [1.82, 2.24) is 5.32 Å². The van der Waals surface area contributed by atoms with Crippen molar-refractivity contribution >= 4 is 23.8 Å². The van der Waals surface area contributed by atoms with E-state index in [9.17, 15) is 14.9 Å². The van der Waals surface area contributed by atoms with Crippen LogP contribution in [0.1, 0.15) is 6.42 Å². The topological polar surface area (TPSA) is 102 Å². The van der Waals surface area contributed by atoms with E-state index in [0.29, 0.717) is 19.6 Å². The molecule has 0 aliphatic carbocycles. The van der Waals surface area contributed by atoms with Crippen LogP contribution >= 0.6 is 12.0 Å². The summed E-state index contributed by atoms with van der Waals surface area (Å²) in [7, 11) is 0. The van der Waals surface area contributed by atoms with Crippen LogP contribution in [-0.2, 0) is 4.18 Å². The van der Waals surface area contributed by atoms with E-state index in [-0.39, 0.29) is 5.69 Å². The molecule has 0 radical (unpaired) electrons. The fraction of sp³-hybridized carbons (Fsp3) is 0.300. The first-order valence-electron chi connectivity index (χ1n) is 5.10. The average Bonchev–Trinajstić information content (AvgIpc) is 2.34. The Bertz CT molecular complexity index is 409. The number of nitro benzene ring substituents is 1. The average molecular weight is 272 g/mol. The van der Waals surface area contributed by atoms with Gasteiger partial charge in [0.1, 0.15) is 0 Å². The van der Waals surface area contributed by atoms with E-state index < -0.39 is 11.0 Å². The molecule has 0 heterocycles. The number of carbonyl (C=O) groups is 1. The van der Waals surface area contributed by atoms with Gasteiger partial charge in [0.15, 0.2) is 0 Å². The van der Waals surface area contributed by atoms with Crippen LogP contribution in [0.15, 0.2) is 29.2 Å². The highest BCUT2D eigenvalue weighted by Gasteiger charge is 2.04. The van der Waals surface area contributed by atoms with Gasteiger partial charge < -0.3 is 14.6 Å². The van der Waals surface area contributed by atoms with Crippen molar-refractivity contribution < 1.29 is 19.0 Å². The fourth-order valence-electron chi connectivity index (χ4n) is 1.06. The molecule has 1 rings (SSSR count). The maximum atomic E-state index is 10.4. The van der Waals surface area contributed by atoms with E-state index in [1.165, 1.54) is 12.1 Å². The van der Waals surface area contributed by atoms with Gasteiger partial charge in [-0.15, -0.1) is 0 Å². The summed E-state index contributed by atoms with van der Waals surface area (Å²) in [5, 5.41) is 20.9. The van der Waals surface area contributed by atoms with Crippen molar-refractivity contribution in [1.29, 1.82) is 0 Å². The molecule has 0 unspecified atom stereocenters. The molecule has 18 heavy (non-hydrogen) atoms. The summed E-state index contributed by atoms with van der Waals surface area (Å²) in [4.78, 5) is 20.8. The van der Waals surface area contributed by atoms with Gasteiger partial charge in [0.2, 0.25) is 0 Å². The third-order valence-electron chi connectivity index (χ3n) is 1.88. The molecule has 0 aliphatic rings. The number of nitrogens with one attached hydrogen (secondary N) is 1. The number of nitrogens with zero attached hydrogens (tertiary/aromatic N) is 1. The molecule has 1 aromatic rings. The minimum Gasteiger partial charge on any atom is -0.465 e. The molecule has 98 valence electrons. The van der Waals surface area contributed by atoms with Gasteiger partial charge in [-0.1, -0.05) is 0 Å². The second-order valence-electron chi connectivity index (χ2n) is 3.24. The van der Waals surface area contributed by atoms with Crippen LogP contribution in [-0.4, -0.2) is 29.3 Å². The SMILES string of the molecule is O=C(O)NCCCOSc1ccc([N+](=O)[O-])cc1. The maximum absolute atomic E-state index is 10.4. The molecule has 0 bridgehead atoms. The van der Waals surface area contributed by atoms with Crippen LogP contribution < -0.4 is 5.32 Å². The van der Waals surface area contributed by atoms with Crippen molar-refractivity contribution in [2.24, 2.45) is 0 Å². The molecular formula is C10H12N2O5S. The second kappa shape index (κ2) is 7.51. The number of amides is 1. The lowest BCUT2D eigenvalue weighted by Gasteiger charge is -2.02. The fourth-order valence-corrected chi connectivity index (χ4v) is 1.64. The van der Waals surface area contributed by atoms with Crippen LogP contribution in [0.4, 0.5) is 10.5 Å². The molecule has 0 saturated carbocycles. The lowest BCUT2D eigenvalue weighted by molar-refractivity contribution is -0.384. The highest BCUT2D eigenvalue weighted by Crippen LogP contribution is 2.22. The molecule has 1 aromatic carbocycles. The summed E-state index contributed by atoms with van der Waals surface area (Å²) in [6.07, 6.45) is -0.496. The summed E-state index contributed by atoms with van der Waals surface area (Å²) >= 11 is 1.10. The van der Waals surface area contributed by atoms with Gasteiger partial charge in [-0.25, -0.2) is 4.79 Å². The normalized spacial score (nSPS) is 10.0. The van der Waals surface area contributed by atoms with E-state index in [2.05, 4.69) is 5.32 Å². The van der Waals surface area contributed by atoms with Gasteiger partial charge in [-0.05, 0) is 18.6 Å². The van der Waals surface area contributed by atoms with Crippen LogP contribution in [0.25, 0.3) is 0 Å². The van der Waals surface area contributed by atoms with Gasteiger partial charge in [0, 0.05) is 35.6 Å². The number of benzene rings is 1. The summed E-state index contributed by atoms with van der Waals surface area (Å²) in [5.41, 5.74) is 0.0324. The minimum absolute atomic E-state index is 0.0324. The monoisotopic (exact) mass is 272 g/mol. The molecule has 0 aliphatic heterocycles. The van der Waals surface area contributed by atoms with Crippen LogP contribution in [0, 0.1) is 10.1 Å². The lowest BCUT2D eigenvalue weighted by atomic mass is 10.3. The number of hydrogen-bond acceptors (Lipinski definition) is 5. The van der Waals surface area contributed by atoms with Crippen molar-refractivity contribution in [2.75, 3.05) is 13.2 Å². The minimum atomic E-state index is -1.06. The Morgan fingerprint density at radius 3 is 2.67 bits per heavy atom. The first kappa shape index (κ1) is 14.3. The molecular weight excluding hydrogens is 260 g/mol. The predicted octanol–water partition coefficient (Wildman–Crippen LogP) is 2.28. The molecule has 0 fully saturated rings. The third-order valence-corrected chi connectivity index (χ3v) is 2.63. The standard InChI is InChI=1S/C10H12N2O5S/c13-10(14)11-6-1-7-17-18-9-4-2-8(3-5-9)12(15)16/h2-5,11H,1,6-7H2,(H,13,14). The van der Waals surface area contributed by atoms with Crippen LogP contribution in [0.5, 0.6) is 0 Å². The second-order valence-corrected chi connectivity index (χ2v) is 4.12. The Kier molecular flexibility index (Phi) is 5.95. The van der Waals surface area contributed by atoms with Gasteiger partial charge in [-0.2, -0.15) is 0 Å². The van der Waals surface area contributed by atoms with E-state index >= 15 is 0 Å². The number of nitro groups is 1. The van der Waals surface area contributed by atoms with E-state index in [1.54, 1.807) is 12.1 Å². The third kappa shape index (κ3) is 5.51. The zero-order valence-corrected chi connectivity index (χ0v) is 10.2. The summed E-state index contributed by atoms with van der Waals surface area (Å²) in [5.74, 6) is 0. The molecule has 0 saturated heterocycles. The van der Waals surface area contributed by atoms with Gasteiger partial charge in [0.05, 0.1) is 11.5 Å². The first-order valence-corrected chi connectivity index (χ1v) is 5.84. The lowest BCUT2D eigenvalue weighted by Crippen LogP contribution is -2.22. The molecule has 0 aromatic heterocycles. The van der Waals surface area contributed by atoms with Gasteiger partial charge in [0.25, 0.3) is 5.69 Å². The Morgan fingerprint density at radius 1 is 1.44 bits per heavy atom. The zero-order valence-electron chi connectivity index (χ0n) is 9.37. The predicted molar refractivity (Wildman–Crippen MR) is 65.5 cm³/mol. The Labute approximate surface area is 107 Å². The Morgan fingerprint density at radius 2 is 2.11 bits per heavy atom. The summed E-state index contributed by atoms with van der Waals surface area (Å²) in [6.45, 7) is 0.720. The zero-order chi connectivity index (χ0) is 13.4. The van der Waals surface area contributed by atoms with Crippen molar-refractivity contribution in [2.45, 2.75) is 11.3 Å². The Hall–Kier alpha value is -1.80. The van der Waals surface area contributed by atoms with E-state index in [4.69, 9.17) is 9.29 Å². The first-order chi connectivity index (χ1) is 8.59. The van der Waals surface area contributed by atoms with Crippen molar-refractivity contribution in [3.05, 3.63) is 34.4 Å². The molecule has 2 N–H and O–H groups in total. The molecule has 0 spiro atoms. The number of carboxylic acid groups (broad SMARTS) is 1. The largest absolute Gasteiger partial charge is 0.465 e. The smallest absolute Gasteiger partial charge is 0.404 e. The molecule has 7 nitrogen and oxygen atoms in total. The molecule has 1 amide bonds. The van der Waals surface area contributed by atoms with Gasteiger partial charge >= 0.3 is 6.09 Å². The highest BCUT2D eigenvalue weighted by atomic mass is 32.2. The summed E-state index contributed by atoms with van der Waals surface area (Å²) in [6, 6.07) is 5.99. The molecule has 8 heteroatoms. The quantitative estimate of drug-likeness (QED) is 0.341. The molecule has 0 atom stereocenters. The van der Waals surface area contributed by atoms with E-state index in [0.717, 1.165) is 16.9 Å². The maximum Gasteiger partial charge on any atom is 0.404 e. The number of hydrogen-bond donors (Lipinski definition) is 2. The van der Waals surface area contributed by atoms with Crippen LogP contribution in [0.2, 0.25) is 0 Å². The summed E-state index contributed by atoms with van der Waals surface area (Å²) < 4.78 is 5.22. The van der Waals surface area contributed by atoms with Crippen molar-refractivity contribution in [3.63, 3.8) is 0 Å². The number of non-ortho nitro benzene ring substituents is 1. The van der Waals surface area contributed by atoms with Crippen molar-refractivity contribution in [3.8, 4) is 0 Å². The van der Waals surface area contributed by atoms with E-state index in [1.807, 2.05) is 0 Å². The van der Waals surface area contributed by atoms with Crippen LogP contribution in [0.3, 0.4) is 0 Å².